The van der Waals surface area contributed by atoms with Crippen LogP contribution in [0.3, 0.4) is 0 Å². The summed E-state index contributed by atoms with van der Waals surface area (Å²) >= 11 is 3.32. The monoisotopic (exact) mass is 359 g/mol. The molecule has 0 bridgehead atoms. The van der Waals surface area contributed by atoms with Crippen molar-refractivity contribution in [2.24, 2.45) is 0 Å². The molecule has 1 heterocycles. The first-order chi connectivity index (χ1) is 10.7. The number of rotatable bonds is 5. The number of anilines is 1. The van der Waals surface area contributed by atoms with Gasteiger partial charge in [0.2, 0.25) is 0 Å². The molecular formula is C17H14BrNO3. The number of nitrogens with zero attached hydrogens (tertiary/aromatic N) is 1. The molecule has 3 rings (SSSR count). The van der Waals surface area contributed by atoms with Gasteiger partial charge in [0, 0.05) is 11.0 Å². The van der Waals surface area contributed by atoms with Crippen LogP contribution in [0.15, 0.2) is 53.0 Å². The summed E-state index contributed by atoms with van der Waals surface area (Å²) in [7, 11) is 0. The normalized spacial score (nSPS) is 13.4. The fraction of sp³-hybridized carbons (Fsp3) is 0.176. The molecule has 0 spiro atoms. The molecule has 0 aromatic heterocycles. The molecule has 1 amide bonds. The molecule has 2 aromatic carbocycles. The molecule has 0 saturated carbocycles. The Balaban J connectivity index is 1.62. The summed E-state index contributed by atoms with van der Waals surface area (Å²) in [5.41, 5.74) is 1.14. The Hall–Kier alpha value is -2.14. The highest BCUT2D eigenvalue weighted by atomic mass is 79.9. The minimum atomic E-state index is -0.465. The summed E-state index contributed by atoms with van der Waals surface area (Å²) in [6.45, 7) is 0.958. The summed E-state index contributed by atoms with van der Waals surface area (Å²) in [5.74, 6) is -0.108. The number of hydrogen-bond acceptors (Lipinski definition) is 3. The van der Waals surface area contributed by atoms with Crippen LogP contribution >= 0.6 is 15.9 Å². The quantitative estimate of drug-likeness (QED) is 0.606. The highest BCUT2D eigenvalue weighted by molar-refractivity contribution is 9.10. The van der Waals surface area contributed by atoms with Crippen LogP contribution in [0.2, 0.25) is 0 Å². The maximum Gasteiger partial charge on any atom is 0.299 e. The van der Waals surface area contributed by atoms with E-state index in [4.69, 9.17) is 4.74 Å². The Kier molecular flexibility index (Phi) is 4.24. The fourth-order valence-corrected chi connectivity index (χ4v) is 2.79. The Bertz CT molecular complexity index is 715. The van der Waals surface area contributed by atoms with Crippen molar-refractivity contribution in [3.63, 3.8) is 0 Å². The van der Waals surface area contributed by atoms with Crippen LogP contribution in [-0.2, 0) is 4.79 Å². The summed E-state index contributed by atoms with van der Waals surface area (Å²) < 4.78 is 6.40. The second-order valence-corrected chi connectivity index (χ2v) is 5.88. The first-order valence-electron chi connectivity index (χ1n) is 7.00. The van der Waals surface area contributed by atoms with E-state index in [1.807, 2.05) is 36.4 Å². The minimum Gasteiger partial charge on any atom is -0.494 e. The minimum absolute atomic E-state index is 0.444. The lowest BCUT2D eigenvalue weighted by Gasteiger charge is -2.16. The van der Waals surface area contributed by atoms with E-state index in [1.54, 1.807) is 12.1 Å². The van der Waals surface area contributed by atoms with Crippen LogP contribution in [0, 0.1) is 0 Å². The molecule has 1 aliphatic heterocycles. The van der Waals surface area contributed by atoms with Gasteiger partial charge in [-0.25, -0.2) is 0 Å². The van der Waals surface area contributed by atoms with Crippen molar-refractivity contribution in [2.45, 2.75) is 6.42 Å². The number of ether oxygens (including phenoxy) is 1. The van der Waals surface area contributed by atoms with Gasteiger partial charge < -0.3 is 9.64 Å². The molecule has 2 aromatic rings. The first kappa shape index (κ1) is 14.8. The summed E-state index contributed by atoms with van der Waals surface area (Å²) in [6.07, 6.45) is 0.656. The molecule has 0 N–H and O–H groups in total. The number of fused-ring (bicyclic) bond motifs is 1. The van der Waals surface area contributed by atoms with Crippen LogP contribution in [0.1, 0.15) is 16.8 Å². The Morgan fingerprint density at radius 3 is 2.59 bits per heavy atom. The van der Waals surface area contributed by atoms with Gasteiger partial charge in [0.25, 0.3) is 11.7 Å². The molecule has 22 heavy (non-hydrogen) atoms. The maximum atomic E-state index is 12.1. The van der Waals surface area contributed by atoms with E-state index in [0.29, 0.717) is 30.8 Å². The predicted octanol–water partition coefficient (Wildman–Crippen LogP) is 3.45. The lowest BCUT2D eigenvalue weighted by Crippen LogP contribution is -2.31. The highest BCUT2D eigenvalue weighted by Crippen LogP contribution is 2.31. The van der Waals surface area contributed by atoms with Crippen molar-refractivity contribution in [3.8, 4) is 5.75 Å². The average molecular weight is 360 g/mol. The largest absolute Gasteiger partial charge is 0.494 e. The number of ketones is 1. The second kappa shape index (κ2) is 6.32. The molecule has 0 atom stereocenters. The molecule has 0 unspecified atom stereocenters. The predicted molar refractivity (Wildman–Crippen MR) is 87.4 cm³/mol. The molecule has 1 aliphatic rings. The van der Waals surface area contributed by atoms with Gasteiger partial charge in [0.05, 0.1) is 17.9 Å². The number of carbonyl (C=O) groups is 2. The van der Waals surface area contributed by atoms with Crippen LogP contribution in [0.4, 0.5) is 5.69 Å². The van der Waals surface area contributed by atoms with Crippen molar-refractivity contribution in [1.29, 1.82) is 0 Å². The summed E-state index contributed by atoms with van der Waals surface area (Å²) in [5, 5.41) is 0. The van der Waals surface area contributed by atoms with Gasteiger partial charge in [-0.15, -0.1) is 0 Å². The fourth-order valence-electron chi connectivity index (χ4n) is 2.42. The zero-order chi connectivity index (χ0) is 15.5. The highest BCUT2D eigenvalue weighted by Gasteiger charge is 2.35. The van der Waals surface area contributed by atoms with E-state index in [1.165, 1.54) is 4.90 Å². The van der Waals surface area contributed by atoms with Crippen molar-refractivity contribution in [1.82, 2.24) is 0 Å². The van der Waals surface area contributed by atoms with Gasteiger partial charge in [-0.05, 0) is 36.8 Å². The van der Waals surface area contributed by atoms with Crippen molar-refractivity contribution >= 4 is 33.3 Å². The van der Waals surface area contributed by atoms with Crippen LogP contribution in [0.5, 0.6) is 5.75 Å². The topological polar surface area (TPSA) is 46.6 Å². The number of para-hydroxylation sites is 1. The van der Waals surface area contributed by atoms with E-state index in [9.17, 15) is 9.59 Å². The number of amides is 1. The molecule has 112 valence electrons. The standard InChI is InChI=1S/C17H14BrNO3/c18-12-7-8-15-14(11-12)16(20)17(21)19(15)9-4-10-22-13-5-2-1-3-6-13/h1-3,5-8,11H,4,9-10H2. The van der Waals surface area contributed by atoms with Crippen LogP contribution < -0.4 is 9.64 Å². The zero-order valence-corrected chi connectivity index (χ0v) is 13.4. The number of Topliss-reactive ketones (excluding diaryl/α,β-unsaturated/α-hetero) is 1. The number of benzene rings is 2. The van der Waals surface area contributed by atoms with Crippen molar-refractivity contribution in [2.75, 3.05) is 18.1 Å². The van der Waals surface area contributed by atoms with E-state index < -0.39 is 11.7 Å². The lowest BCUT2D eigenvalue weighted by atomic mass is 10.1. The van der Waals surface area contributed by atoms with Gasteiger partial charge in [-0.2, -0.15) is 0 Å². The van der Waals surface area contributed by atoms with Gasteiger partial charge in [0.1, 0.15) is 5.75 Å². The molecule has 4 nitrogen and oxygen atoms in total. The first-order valence-corrected chi connectivity index (χ1v) is 7.80. The number of halogens is 1. The van der Waals surface area contributed by atoms with Crippen molar-refractivity contribution in [3.05, 3.63) is 58.6 Å². The third-order valence-electron chi connectivity index (χ3n) is 3.47. The lowest BCUT2D eigenvalue weighted by molar-refractivity contribution is -0.114. The van der Waals surface area contributed by atoms with Gasteiger partial charge in [-0.3, -0.25) is 9.59 Å². The Morgan fingerprint density at radius 2 is 1.82 bits per heavy atom. The van der Waals surface area contributed by atoms with E-state index >= 15 is 0 Å². The van der Waals surface area contributed by atoms with E-state index in [0.717, 1.165) is 10.2 Å². The van der Waals surface area contributed by atoms with Gasteiger partial charge in [-0.1, -0.05) is 34.1 Å². The third kappa shape index (κ3) is 2.90. The van der Waals surface area contributed by atoms with Crippen LogP contribution in [0.25, 0.3) is 0 Å². The van der Waals surface area contributed by atoms with E-state index in [2.05, 4.69) is 15.9 Å². The molecular weight excluding hydrogens is 346 g/mol. The molecule has 0 fully saturated rings. The smallest absolute Gasteiger partial charge is 0.299 e. The SMILES string of the molecule is O=C1C(=O)N(CCCOc2ccccc2)c2ccc(Br)cc21. The van der Waals surface area contributed by atoms with Crippen molar-refractivity contribution < 1.29 is 14.3 Å². The zero-order valence-electron chi connectivity index (χ0n) is 11.8. The molecule has 5 heteroatoms. The number of hydrogen-bond donors (Lipinski definition) is 0. The third-order valence-corrected chi connectivity index (χ3v) is 3.96. The Labute approximate surface area is 136 Å². The molecule has 0 saturated heterocycles. The second-order valence-electron chi connectivity index (χ2n) is 4.96. The summed E-state index contributed by atoms with van der Waals surface area (Å²) in [4.78, 5) is 25.6. The van der Waals surface area contributed by atoms with Gasteiger partial charge in [0.15, 0.2) is 0 Å². The van der Waals surface area contributed by atoms with Crippen LogP contribution in [-0.4, -0.2) is 24.8 Å². The van der Waals surface area contributed by atoms with Gasteiger partial charge >= 0.3 is 0 Å². The Morgan fingerprint density at radius 1 is 1.05 bits per heavy atom. The maximum absolute atomic E-state index is 12.1. The molecule has 0 radical (unpaired) electrons. The number of carbonyl (C=O) groups excluding carboxylic acids is 2. The summed E-state index contributed by atoms with van der Waals surface area (Å²) in [6, 6.07) is 14.8. The molecule has 0 aliphatic carbocycles. The van der Waals surface area contributed by atoms with E-state index in [-0.39, 0.29) is 0 Å². The average Bonchev–Trinajstić information content (AvgIpc) is 2.77.